The molecule has 0 amide bonds. The molecule has 17 heavy (non-hydrogen) atoms. The first-order chi connectivity index (χ1) is 8.10. The number of rotatable bonds is 5. The van der Waals surface area contributed by atoms with Gasteiger partial charge in [-0.25, -0.2) is 9.98 Å². The number of carboxylic acid groups (broad SMARTS) is 1. The summed E-state index contributed by atoms with van der Waals surface area (Å²) in [5.74, 6) is 0.954. The van der Waals surface area contributed by atoms with Crippen molar-refractivity contribution < 1.29 is 14.4 Å². The molecule has 1 unspecified atom stereocenters. The molecule has 0 fully saturated rings. The highest BCUT2D eigenvalue weighted by atomic mass is 16.4. The Morgan fingerprint density at radius 1 is 1.59 bits per heavy atom. The molecule has 0 aliphatic carbocycles. The Balaban J connectivity index is 2.05. The number of H-pyrrole nitrogens is 1. The number of likely N-dealkylation sites (N-methyl/N-ethyl adjacent to an activating group) is 1. The van der Waals surface area contributed by atoms with Gasteiger partial charge in [-0.1, -0.05) is 0 Å². The SMILES string of the molecule is C[N+]1(CCC(=O)O)C=CN=C1Cc1ncc[nH]1. The Morgan fingerprint density at radius 2 is 2.41 bits per heavy atom. The van der Waals surface area contributed by atoms with Gasteiger partial charge in [0, 0.05) is 12.4 Å². The zero-order chi connectivity index (χ0) is 12.3. The minimum Gasteiger partial charge on any atom is -0.481 e. The standard InChI is InChI=1S/C11H14N4O2/c1-15(6-2-11(16)17)7-5-14-10(15)8-9-12-3-4-13-9/h3-5,7H,2,6,8H2,1H3,(H-,12,13,16,17)/p+1. The largest absolute Gasteiger partial charge is 0.481 e. The molecule has 0 saturated heterocycles. The molecule has 2 heterocycles. The van der Waals surface area contributed by atoms with Gasteiger partial charge in [0.2, 0.25) is 5.84 Å². The van der Waals surface area contributed by atoms with E-state index >= 15 is 0 Å². The molecule has 1 aromatic heterocycles. The third-order valence-electron chi connectivity index (χ3n) is 2.88. The van der Waals surface area contributed by atoms with E-state index in [9.17, 15) is 4.79 Å². The van der Waals surface area contributed by atoms with Crippen molar-refractivity contribution in [2.24, 2.45) is 4.99 Å². The number of hydrogen-bond donors (Lipinski definition) is 2. The van der Waals surface area contributed by atoms with Crippen LogP contribution in [0.2, 0.25) is 0 Å². The molecule has 1 aromatic rings. The molecule has 6 heteroatoms. The lowest BCUT2D eigenvalue weighted by atomic mass is 10.2. The summed E-state index contributed by atoms with van der Waals surface area (Å²) in [6, 6.07) is 0. The van der Waals surface area contributed by atoms with Crippen LogP contribution in [0.4, 0.5) is 0 Å². The van der Waals surface area contributed by atoms with Crippen LogP contribution in [0.1, 0.15) is 12.2 Å². The summed E-state index contributed by atoms with van der Waals surface area (Å²) in [6.45, 7) is 0.505. The van der Waals surface area contributed by atoms with Gasteiger partial charge in [0.1, 0.15) is 18.4 Å². The summed E-state index contributed by atoms with van der Waals surface area (Å²) in [6.07, 6.45) is 7.81. The molecule has 1 aliphatic heterocycles. The van der Waals surface area contributed by atoms with E-state index in [1.807, 2.05) is 13.2 Å². The first-order valence-corrected chi connectivity index (χ1v) is 5.40. The molecule has 0 radical (unpaired) electrons. The maximum Gasteiger partial charge on any atom is 0.309 e. The molecule has 1 atom stereocenters. The van der Waals surface area contributed by atoms with Crippen LogP contribution in [0.15, 0.2) is 29.8 Å². The number of imidazole rings is 1. The minimum atomic E-state index is -0.790. The lowest BCUT2D eigenvalue weighted by Gasteiger charge is -2.26. The highest BCUT2D eigenvalue weighted by Crippen LogP contribution is 2.16. The molecule has 6 nitrogen and oxygen atoms in total. The van der Waals surface area contributed by atoms with Gasteiger partial charge in [-0.15, -0.1) is 0 Å². The highest BCUT2D eigenvalue weighted by Gasteiger charge is 2.31. The molecule has 90 valence electrons. The number of amidine groups is 1. The second-order valence-corrected chi connectivity index (χ2v) is 4.19. The Bertz CT molecular complexity index is 464. The number of carbonyl (C=O) groups is 1. The van der Waals surface area contributed by atoms with E-state index in [0.717, 1.165) is 11.7 Å². The van der Waals surface area contributed by atoms with Gasteiger partial charge in [-0.05, 0) is 0 Å². The molecular formula is C11H15N4O2+. The summed E-state index contributed by atoms with van der Waals surface area (Å²) in [4.78, 5) is 22.1. The zero-order valence-electron chi connectivity index (χ0n) is 9.63. The molecule has 2 N–H and O–H groups in total. The van der Waals surface area contributed by atoms with Gasteiger partial charge in [0.25, 0.3) is 0 Å². The van der Waals surface area contributed by atoms with E-state index in [1.54, 1.807) is 18.6 Å². The van der Waals surface area contributed by atoms with Crippen LogP contribution in [0.25, 0.3) is 0 Å². The van der Waals surface area contributed by atoms with E-state index in [-0.39, 0.29) is 6.42 Å². The van der Waals surface area contributed by atoms with Crippen molar-refractivity contribution in [2.75, 3.05) is 13.6 Å². The van der Waals surface area contributed by atoms with Crippen molar-refractivity contribution in [1.29, 1.82) is 0 Å². The number of nitrogens with one attached hydrogen (secondary N) is 1. The van der Waals surface area contributed by atoms with Crippen molar-refractivity contribution in [3.8, 4) is 0 Å². The predicted octanol–water partition coefficient (Wildman–Crippen LogP) is 0.757. The summed E-state index contributed by atoms with van der Waals surface area (Å²) >= 11 is 0. The van der Waals surface area contributed by atoms with E-state index < -0.39 is 5.97 Å². The van der Waals surface area contributed by atoms with Crippen molar-refractivity contribution in [1.82, 2.24) is 9.97 Å². The fourth-order valence-corrected chi connectivity index (χ4v) is 1.79. The van der Waals surface area contributed by atoms with Crippen LogP contribution in [-0.4, -0.2) is 45.0 Å². The quantitative estimate of drug-likeness (QED) is 0.739. The number of aliphatic carboxylic acids is 1. The van der Waals surface area contributed by atoms with Crippen LogP contribution in [-0.2, 0) is 11.2 Å². The Morgan fingerprint density at radius 3 is 3.06 bits per heavy atom. The number of carboxylic acids is 1. The van der Waals surface area contributed by atoms with Gasteiger partial charge >= 0.3 is 5.97 Å². The van der Waals surface area contributed by atoms with Crippen LogP contribution < -0.4 is 0 Å². The fraction of sp³-hybridized carbons (Fsp3) is 0.364. The molecule has 0 spiro atoms. The van der Waals surface area contributed by atoms with Gasteiger partial charge in [0.15, 0.2) is 0 Å². The van der Waals surface area contributed by atoms with Crippen LogP contribution in [0, 0.1) is 0 Å². The first kappa shape index (κ1) is 11.5. The maximum absolute atomic E-state index is 10.6. The summed E-state index contributed by atoms with van der Waals surface area (Å²) in [7, 11) is 1.95. The Labute approximate surface area is 98.9 Å². The lowest BCUT2D eigenvalue weighted by Crippen LogP contribution is -2.45. The molecule has 0 saturated carbocycles. The van der Waals surface area contributed by atoms with Crippen LogP contribution in [0.5, 0.6) is 0 Å². The zero-order valence-corrected chi connectivity index (χ0v) is 9.63. The number of quaternary nitrogens is 1. The molecule has 1 aliphatic rings. The number of aromatic nitrogens is 2. The van der Waals surface area contributed by atoms with E-state index in [4.69, 9.17) is 5.11 Å². The summed E-state index contributed by atoms with van der Waals surface area (Å²) in [5, 5.41) is 8.74. The molecular weight excluding hydrogens is 220 g/mol. The molecule has 2 rings (SSSR count). The predicted molar refractivity (Wildman–Crippen MR) is 62.2 cm³/mol. The number of hydrogen-bond acceptors (Lipinski definition) is 3. The normalized spacial score (nSPS) is 22.8. The van der Waals surface area contributed by atoms with Crippen molar-refractivity contribution in [3.63, 3.8) is 0 Å². The first-order valence-electron chi connectivity index (χ1n) is 5.40. The third-order valence-corrected chi connectivity index (χ3v) is 2.88. The maximum atomic E-state index is 10.6. The van der Waals surface area contributed by atoms with Crippen LogP contribution >= 0.6 is 0 Å². The topological polar surface area (TPSA) is 78.3 Å². The lowest BCUT2D eigenvalue weighted by molar-refractivity contribution is -0.764. The minimum absolute atomic E-state index is 0.123. The van der Waals surface area contributed by atoms with Gasteiger partial charge < -0.3 is 10.1 Å². The summed E-state index contributed by atoms with van der Waals surface area (Å²) < 4.78 is 0.438. The smallest absolute Gasteiger partial charge is 0.309 e. The van der Waals surface area contributed by atoms with E-state index in [2.05, 4.69) is 15.0 Å². The van der Waals surface area contributed by atoms with Crippen molar-refractivity contribution >= 4 is 11.8 Å². The second-order valence-electron chi connectivity index (χ2n) is 4.19. The number of nitrogens with zero attached hydrogens (tertiary/aromatic N) is 3. The number of aliphatic imine (C=N–C) groups is 1. The highest BCUT2D eigenvalue weighted by molar-refractivity contribution is 5.80. The third kappa shape index (κ3) is 2.59. The number of aromatic amines is 1. The van der Waals surface area contributed by atoms with Gasteiger partial charge in [-0.2, -0.15) is 0 Å². The van der Waals surface area contributed by atoms with Gasteiger partial charge in [-0.3, -0.25) is 9.28 Å². The van der Waals surface area contributed by atoms with Crippen molar-refractivity contribution in [2.45, 2.75) is 12.8 Å². The monoisotopic (exact) mass is 235 g/mol. The van der Waals surface area contributed by atoms with Gasteiger partial charge in [0.05, 0.1) is 26.2 Å². The second kappa shape index (κ2) is 4.50. The Kier molecular flexibility index (Phi) is 3.06. The Hall–Kier alpha value is -1.95. The molecule has 0 bridgehead atoms. The van der Waals surface area contributed by atoms with E-state index in [0.29, 0.717) is 17.4 Å². The van der Waals surface area contributed by atoms with Crippen molar-refractivity contribution in [3.05, 3.63) is 30.6 Å². The fourth-order valence-electron chi connectivity index (χ4n) is 1.79. The van der Waals surface area contributed by atoms with E-state index in [1.165, 1.54) is 0 Å². The molecule has 0 aromatic carbocycles. The average Bonchev–Trinajstić information content (AvgIpc) is 2.88. The van der Waals surface area contributed by atoms with Crippen LogP contribution in [0.3, 0.4) is 0 Å². The summed E-state index contributed by atoms with van der Waals surface area (Å²) in [5.41, 5.74) is 0. The average molecular weight is 235 g/mol.